The second-order valence-corrected chi connectivity index (χ2v) is 8.84. The summed E-state index contributed by atoms with van der Waals surface area (Å²) < 4.78 is 5.70. The van der Waals surface area contributed by atoms with Gasteiger partial charge in [-0.15, -0.1) is 0 Å². The van der Waals surface area contributed by atoms with E-state index in [1.165, 1.54) is 0 Å². The molecule has 2 unspecified atom stereocenters. The van der Waals surface area contributed by atoms with Crippen LogP contribution in [0.5, 0.6) is 0 Å². The maximum Gasteiger partial charge on any atom is 0.312 e. The van der Waals surface area contributed by atoms with Crippen molar-refractivity contribution in [1.29, 1.82) is 0 Å². The number of nitrogens with two attached hydrogens (primary N) is 1. The lowest BCUT2D eigenvalue weighted by Gasteiger charge is -2.60. The molecule has 27 heavy (non-hydrogen) atoms. The first-order chi connectivity index (χ1) is 12.8. The SMILES string of the molecule is CC(=O)NC12CC3CC(C1)CC(C(=O)OCc1ccc(C(N)=O)cc1)(C3)C2. The molecule has 2 amide bonds. The van der Waals surface area contributed by atoms with E-state index in [1.54, 1.807) is 31.2 Å². The Labute approximate surface area is 158 Å². The van der Waals surface area contributed by atoms with Crippen molar-refractivity contribution in [3.05, 3.63) is 35.4 Å². The van der Waals surface area contributed by atoms with Crippen molar-refractivity contribution in [2.75, 3.05) is 0 Å². The van der Waals surface area contributed by atoms with Gasteiger partial charge in [0, 0.05) is 18.0 Å². The zero-order chi connectivity index (χ0) is 19.2. The molecule has 0 spiro atoms. The van der Waals surface area contributed by atoms with Gasteiger partial charge in [-0.1, -0.05) is 12.1 Å². The summed E-state index contributed by atoms with van der Waals surface area (Å²) in [5, 5.41) is 3.17. The molecule has 6 heteroatoms. The number of hydrogen-bond donors (Lipinski definition) is 2. The van der Waals surface area contributed by atoms with E-state index in [4.69, 9.17) is 10.5 Å². The van der Waals surface area contributed by atoms with Crippen LogP contribution in [-0.2, 0) is 20.9 Å². The topological polar surface area (TPSA) is 98.5 Å². The first-order valence-electron chi connectivity index (χ1n) is 9.64. The van der Waals surface area contributed by atoms with E-state index in [0.29, 0.717) is 23.8 Å². The van der Waals surface area contributed by atoms with Gasteiger partial charge in [0.15, 0.2) is 0 Å². The van der Waals surface area contributed by atoms with E-state index in [-0.39, 0.29) is 24.0 Å². The number of ether oxygens (including phenoxy) is 1. The Bertz CT molecular complexity index is 772. The van der Waals surface area contributed by atoms with Gasteiger partial charge in [0.05, 0.1) is 5.41 Å². The minimum absolute atomic E-state index is 0.0185. The van der Waals surface area contributed by atoms with Gasteiger partial charge in [-0.25, -0.2) is 0 Å². The van der Waals surface area contributed by atoms with Gasteiger partial charge >= 0.3 is 5.97 Å². The normalized spacial score (nSPS) is 33.5. The molecule has 1 aromatic carbocycles. The van der Waals surface area contributed by atoms with Crippen LogP contribution in [0.3, 0.4) is 0 Å². The first-order valence-corrected chi connectivity index (χ1v) is 9.64. The lowest BCUT2D eigenvalue weighted by molar-refractivity contribution is -0.177. The predicted octanol–water partition coefficient (Wildman–Crippen LogP) is 2.30. The summed E-state index contributed by atoms with van der Waals surface area (Å²) in [6, 6.07) is 6.79. The molecule has 0 radical (unpaired) electrons. The molecule has 0 aliphatic heterocycles. The molecule has 1 aromatic rings. The van der Waals surface area contributed by atoms with Crippen molar-refractivity contribution >= 4 is 17.8 Å². The van der Waals surface area contributed by atoms with Crippen molar-refractivity contribution in [2.24, 2.45) is 23.0 Å². The molecule has 4 bridgehead atoms. The number of primary amides is 1. The van der Waals surface area contributed by atoms with E-state index in [1.807, 2.05) is 0 Å². The van der Waals surface area contributed by atoms with Crippen molar-refractivity contribution in [3.8, 4) is 0 Å². The van der Waals surface area contributed by atoms with Crippen LogP contribution in [0, 0.1) is 17.3 Å². The Morgan fingerprint density at radius 1 is 1.11 bits per heavy atom. The third-order valence-electron chi connectivity index (χ3n) is 6.54. The summed E-state index contributed by atoms with van der Waals surface area (Å²) in [5.41, 5.74) is 5.80. The minimum atomic E-state index is -0.476. The summed E-state index contributed by atoms with van der Waals surface area (Å²) in [7, 11) is 0. The van der Waals surface area contributed by atoms with Crippen molar-refractivity contribution in [3.63, 3.8) is 0 Å². The highest BCUT2D eigenvalue weighted by Gasteiger charge is 2.61. The summed E-state index contributed by atoms with van der Waals surface area (Å²) in [6.07, 6.45) is 5.53. The lowest BCUT2D eigenvalue weighted by Crippen LogP contribution is -2.64. The van der Waals surface area contributed by atoms with E-state index in [9.17, 15) is 14.4 Å². The standard InChI is InChI=1S/C21H26N2O4/c1-13(24)23-21-9-15-6-16(10-21)8-20(7-15,12-21)19(26)27-11-14-2-4-17(5-3-14)18(22)25/h2-5,15-16H,6-12H2,1H3,(H2,22,25)(H,23,24). The molecule has 4 aliphatic rings. The molecule has 4 fully saturated rings. The quantitative estimate of drug-likeness (QED) is 0.777. The number of benzene rings is 1. The van der Waals surface area contributed by atoms with E-state index < -0.39 is 11.3 Å². The van der Waals surface area contributed by atoms with Crippen LogP contribution in [0.4, 0.5) is 0 Å². The summed E-state index contributed by atoms with van der Waals surface area (Å²) in [6.45, 7) is 1.74. The Balaban J connectivity index is 1.46. The molecule has 0 saturated heterocycles. The average Bonchev–Trinajstić information content (AvgIpc) is 2.57. The monoisotopic (exact) mass is 370 g/mol. The molecular weight excluding hydrogens is 344 g/mol. The zero-order valence-corrected chi connectivity index (χ0v) is 15.6. The number of esters is 1. The van der Waals surface area contributed by atoms with Crippen LogP contribution < -0.4 is 11.1 Å². The molecule has 0 heterocycles. The Morgan fingerprint density at radius 2 is 1.74 bits per heavy atom. The Hall–Kier alpha value is -2.37. The van der Waals surface area contributed by atoms with Crippen LogP contribution in [0.1, 0.15) is 61.4 Å². The molecule has 2 atom stereocenters. The summed E-state index contributed by atoms with van der Waals surface area (Å²) in [4.78, 5) is 35.9. The van der Waals surface area contributed by atoms with Crippen LogP contribution in [-0.4, -0.2) is 23.3 Å². The molecule has 4 saturated carbocycles. The Morgan fingerprint density at radius 3 is 2.30 bits per heavy atom. The van der Waals surface area contributed by atoms with Crippen LogP contribution >= 0.6 is 0 Å². The van der Waals surface area contributed by atoms with E-state index in [2.05, 4.69) is 5.32 Å². The minimum Gasteiger partial charge on any atom is -0.460 e. The molecule has 5 rings (SSSR count). The van der Waals surface area contributed by atoms with E-state index >= 15 is 0 Å². The highest BCUT2D eigenvalue weighted by Crippen LogP contribution is 2.62. The average molecular weight is 370 g/mol. The molecule has 0 aromatic heterocycles. The predicted molar refractivity (Wildman–Crippen MR) is 98.4 cm³/mol. The second-order valence-electron chi connectivity index (χ2n) is 8.84. The zero-order valence-electron chi connectivity index (χ0n) is 15.6. The van der Waals surface area contributed by atoms with E-state index in [0.717, 1.165) is 37.7 Å². The number of rotatable bonds is 5. The molecule has 4 aliphatic carbocycles. The molecule has 144 valence electrons. The Kier molecular flexibility index (Phi) is 4.24. The maximum atomic E-state index is 13.1. The number of hydrogen-bond acceptors (Lipinski definition) is 4. The van der Waals surface area contributed by atoms with Gasteiger partial charge < -0.3 is 15.8 Å². The highest BCUT2D eigenvalue weighted by molar-refractivity contribution is 5.92. The summed E-state index contributed by atoms with van der Waals surface area (Å²) >= 11 is 0. The summed E-state index contributed by atoms with van der Waals surface area (Å²) in [5.74, 6) is 0.330. The first kappa shape index (κ1) is 18.0. The fraction of sp³-hybridized carbons (Fsp3) is 0.571. The van der Waals surface area contributed by atoms with Gasteiger partial charge in [0.1, 0.15) is 6.61 Å². The van der Waals surface area contributed by atoms with Gasteiger partial charge in [-0.05, 0) is 68.1 Å². The third kappa shape index (κ3) is 3.33. The lowest BCUT2D eigenvalue weighted by atomic mass is 9.47. The number of nitrogens with one attached hydrogen (secondary N) is 1. The largest absolute Gasteiger partial charge is 0.460 e. The molecule has 3 N–H and O–H groups in total. The molecular formula is C21H26N2O4. The number of carbonyl (C=O) groups excluding carboxylic acids is 3. The van der Waals surface area contributed by atoms with Crippen molar-refractivity contribution in [1.82, 2.24) is 5.32 Å². The fourth-order valence-corrected chi connectivity index (χ4v) is 6.09. The van der Waals surface area contributed by atoms with Gasteiger partial charge in [0.25, 0.3) is 0 Å². The smallest absolute Gasteiger partial charge is 0.312 e. The maximum absolute atomic E-state index is 13.1. The van der Waals surface area contributed by atoms with Crippen LogP contribution in [0.15, 0.2) is 24.3 Å². The highest BCUT2D eigenvalue weighted by atomic mass is 16.5. The molecule has 6 nitrogen and oxygen atoms in total. The van der Waals surface area contributed by atoms with Crippen molar-refractivity contribution < 1.29 is 19.1 Å². The second kappa shape index (κ2) is 6.36. The third-order valence-corrected chi connectivity index (χ3v) is 6.54. The van der Waals surface area contributed by atoms with Gasteiger partial charge in [-0.2, -0.15) is 0 Å². The fourth-order valence-electron chi connectivity index (χ4n) is 6.09. The van der Waals surface area contributed by atoms with Gasteiger partial charge in [0.2, 0.25) is 11.8 Å². The number of carbonyl (C=O) groups is 3. The van der Waals surface area contributed by atoms with Crippen LogP contribution in [0.25, 0.3) is 0 Å². The number of amides is 2. The van der Waals surface area contributed by atoms with Crippen molar-refractivity contribution in [2.45, 2.75) is 57.6 Å². The van der Waals surface area contributed by atoms with Gasteiger partial charge in [-0.3, -0.25) is 14.4 Å². The van der Waals surface area contributed by atoms with Crippen LogP contribution in [0.2, 0.25) is 0 Å².